The summed E-state index contributed by atoms with van der Waals surface area (Å²) < 4.78 is 10.3. The van der Waals surface area contributed by atoms with Crippen LogP contribution in [0.5, 0.6) is 0 Å². The van der Waals surface area contributed by atoms with Crippen LogP contribution in [0, 0.1) is 6.92 Å². The van der Waals surface area contributed by atoms with Crippen LogP contribution in [-0.2, 0) is 9.53 Å². The fourth-order valence-electron chi connectivity index (χ4n) is 2.94. The molecule has 2 amide bonds. The van der Waals surface area contributed by atoms with Crippen molar-refractivity contribution >= 4 is 29.3 Å². The van der Waals surface area contributed by atoms with E-state index in [0.29, 0.717) is 11.4 Å². The highest BCUT2D eigenvalue weighted by molar-refractivity contribution is 6.12. The Hall–Kier alpha value is -3.94. The van der Waals surface area contributed by atoms with Crippen molar-refractivity contribution in [1.82, 2.24) is 5.16 Å². The van der Waals surface area contributed by atoms with Crippen molar-refractivity contribution in [3.05, 3.63) is 77.6 Å². The highest BCUT2D eigenvalue weighted by Crippen LogP contribution is 2.19. The van der Waals surface area contributed by atoms with Gasteiger partial charge in [-0.05, 0) is 37.6 Å². The van der Waals surface area contributed by atoms with Gasteiger partial charge in [0.05, 0.1) is 11.1 Å². The Morgan fingerprint density at radius 3 is 2.32 bits per heavy atom. The van der Waals surface area contributed by atoms with Gasteiger partial charge < -0.3 is 19.5 Å². The molecule has 8 heteroatoms. The van der Waals surface area contributed by atoms with E-state index in [4.69, 9.17) is 9.26 Å². The highest BCUT2D eigenvalue weighted by atomic mass is 16.5. The number of para-hydroxylation sites is 1. The number of carbonyl (C=O) groups excluding carboxylic acids is 3. The first-order valence-electron chi connectivity index (χ1n) is 9.78. The van der Waals surface area contributed by atoms with Gasteiger partial charge in [0.2, 0.25) is 0 Å². The van der Waals surface area contributed by atoms with Crippen molar-refractivity contribution in [2.45, 2.75) is 26.4 Å². The first kappa shape index (κ1) is 21.8. The topological polar surface area (TPSA) is 102 Å². The number of nitrogens with one attached hydrogen (secondary N) is 1. The minimum atomic E-state index is -1.06. The number of aryl methyl sites for hydroxylation is 1. The first-order chi connectivity index (χ1) is 14.9. The molecule has 1 N–H and O–H groups in total. The van der Waals surface area contributed by atoms with Gasteiger partial charge in [-0.2, -0.15) is 0 Å². The number of nitrogens with zero attached hydrogens (tertiary/aromatic N) is 2. The monoisotopic (exact) mass is 421 g/mol. The van der Waals surface area contributed by atoms with E-state index in [9.17, 15) is 14.4 Å². The number of esters is 1. The second-order valence-electron chi connectivity index (χ2n) is 6.86. The molecule has 0 bridgehead atoms. The van der Waals surface area contributed by atoms with Crippen LogP contribution in [0.25, 0.3) is 0 Å². The van der Waals surface area contributed by atoms with Crippen molar-refractivity contribution in [1.29, 1.82) is 0 Å². The third-order valence-electron chi connectivity index (χ3n) is 4.62. The van der Waals surface area contributed by atoms with Gasteiger partial charge in [0.25, 0.3) is 11.8 Å². The van der Waals surface area contributed by atoms with Gasteiger partial charge in [0, 0.05) is 18.8 Å². The fourth-order valence-corrected chi connectivity index (χ4v) is 2.94. The van der Waals surface area contributed by atoms with Gasteiger partial charge in [-0.15, -0.1) is 0 Å². The molecule has 0 unspecified atom stereocenters. The molecule has 1 heterocycles. The highest BCUT2D eigenvalue weighted by Gasteiger charge is 2.26. The molecule has 0 spiro atoms. The zero-order valence-electron chi connectivity index (χ0n) is 17.5. The molecular weight excluding hydrogens is 398 g/mol. The van der Waals surface area contributed by atoms with Crippen LogP contribution in [0.4, 0.5) is 11.5 Å². The summed E-state index contributed by atoms with van der Waals surface area (Å²) in [5.74, 6) is -0.889. The molecule has 8 nitrogen and oxygen atoms in total. The average molecular weight is 421 g/mol. The predicted octanol–water partition coefficient (Wildman–Crippen LogP) is 3.83. The van der Waals surface area contributed by atoms with Gasteiger partial charge in [0.15, 0.2) is 11.9 Å². The summed E-state index contributed by atoms with van der Waals surface area (Å²) in [5, 5.41) is 6.25. The number of amides is 2. The molecule has 0 fully saturated rings. The van der Waals surface area contributed by atoms with Gasteiger partial charge in [-0.3, -0.25) is 9.59 Å². The number of rotatable bonds is 7. The molecule has 3 aromatic rings. The summed E-state index contributed by atoms with van der Waals surface area (Å²) in [6, 6.07) is 17.0. The Morgan fingerprint density at radius 2 is 1.71 bits per heavy atom. The first-order valence-corrected chi connectivity index (χ1v) is 9.78. The molecule has 0 radical (unpaired) electrons. The van der Waals surface area contributed by atoms with Gasteiger partial charge in [-0.25, -0.2) is 4.79 Å². The third kappa shape index (κ3) is 5.16. The Labute approximate surface area is 179 Å². The van der Waals surface area contributed by atoms with Crippen molar-refractivity contribution in [2.75, 3.05) is 17.3 Å². The van der Waals surface area contributed by atoms with Gasteiger partial charge >= 0.3 is 5.97 Å². The second kappa shape index (κ2) is 9.71. The zero-order valence-corrected chi connectivity index (χ0v) is 17.5. The van der Waals surface area contributed by atoms with E-state index >= 15 is 0 Å². The molecule has 2 aromatic carbocycles. The maximum absolute atomic E-state index is 13.0. The Bertz CT molecular complexity index is 1080. The van der Waals surface area contributed by atoms with Crippen molar-refractivity contribution in [2.24, 2.45) is 0 Å². The van der Waals surface area contributed by atoms with E-state index in [1.54, 1.807) is 57.3 Å². The maximum Gasteiger partial charge on any atom is 0.339 e. The van der Waals surface area contributed by atoms with Crippen molar-refractivity contribution in [3.63, 3.8) is 0 Å². The summed E-state index contributed by atoms with van der Waals surface area (Å²) in [6.45, 7) is 3.41. The molecule has 0 aliphatic heterocycles. The SMILES string of the molecule is CC[C@H](OC(=O)c1ccccc1C(=O)N(C)c1ccccc1)C(=O)Nc1cc(C)on1. The minimum absolute atomic E-state index is 0.0822. The van der Waals surface area contributed by atoms with E-state index in [-0.39, 0.29) is 29.3 Å². The molecular formula is C23H23N3O5. The van der Waals surface area contributed by atoms with Crippen LogP contribution in [0.15, 0.2) is 65.2 Å². The van der Waals surface area contributed by atoms with E-state index in [0.717, 1.165) is 0 Å². The number of hydrogen-bond acceptors (Lipinski definition) is 6. The molecule has 0 aliphatic rings. The van der Waals surface area contributed by atoms with E-state index in [1.807, 2.05) is 18.2 Å². The summed E-state index contributed by atoms with van der Waals surface area (Å²) in [4.78, 5) is 39.8. The molecule has 1 atom stereocenters. The van der Waals surface area contributed by atoms with Crippen LogP contribution in [0.3, 0.4) is 0 Å². The number of aromatic nitrogens is 1. The molecule has 160 valence electrons. The number of benzene rings is 2. The van der Waals surface area contributed by atoms with E-state index in [1.165, 1.54) is 11.0 Å². The largest absolute Gasteiger partial charge is 0.449 e. The normalized spacial score (nSPS) is 11.5. The second-order valence-corrected chi connectivity index (χ2v) is 6.86. The number of carbonyl (C=O) groups is 3. The van der Waals surface area contributed by atoms with Crippen LogP contribution in [0.2, 0.25) is 0 Å². The summed E-state index contributed by atoms with van der Waals surface area (Å²) in [6.07, 6.45) is -0.812. The Morgan fingerprint density at radius 1 is 1.06 bits per heavy atom. The van der Waals surface area contributed by atoms with Crippen molar-refractivity contribution in [3.8, 4) is 0 Å². The van der Waals surface area contributed by atoms with Gasteiger partial charge in [-0.1, -0.05) is 42.4 Å². The lowest BCUT2D eigenvalue weighted by Crippen LogP contribution is -2.33. The Kier molecular flexibility index (Phi) is 6.81. The molecule has 0 saturated carbocycles. The Balaban J connectivity index is 1.77. The van der Waals surface area contributed by atoms with Crippen LogP contribution in [0.1, 0.15) is 39.8 Å². The molecule has 1 aromatic heterocycles. The lowest BCUT2D eigenvalue weighted by atomic mass is 10.1. The molecule has 0 aliphatic carbocycles. The quantitative estimate of drug-likeness (QED) is 0.582. The van der Waals surface area contributed by atoms with E-state index < -0.39 is 18.0 Å². The van der Waals surface area contributed by atoms with Crippen LogP contribution < -0.4 is 10.2 Å². The predicted molar refractivity (Wildman–Crippen MR) is 115 cm³/mol. The lowest BCUT2D eigenvalue weighted by molar-refractivity contribution is -0.124. The smallest absolute Gasteiger partial charge is 0.339 e. The molecule has 31 heavy (non-hydrogen) atoms. The van der Waals surface area contributed by atoms with E-state index in [2.05, 4.69) is 10.5 Å². The van der Waals surface area contributed by atoms with Gasteiger partial charge in [0.1, 0.15) is 5.76 Å². The number of ether oxygens (including phenoxy) is 1. The number of hydrogen-bond donors (Lipinski definition) is 1. The zero-order chi connectivity index (χ0) is 22.4. The van der Waals surface area contributed by atoms with Crippen LogP contribution >= 0.6 is 0 Å². The summed E-state index contributed by atoms with van der Waals surface area (Å²) in [5.41, 5.74) is 0.949. The fraction of sp³-hybridized carbons (Fsp3) is 0.217. The van der Waals surface area contributed by atoms with Crippen molar-refractivity contribution < 1.29 is 23.6 Å². The number of anilines is 2. The third-order valence-corrected chi connectivity index (χ3v) is 4.62. The average Bonchev–Trinajstić information content (AvgIpc) is 3.21. The maximum atomic E-state index is 13.0. The minimum Gasteiger partial charge on any atom is -0.449 e. The molecule has 0 saturated heterocycles. The summed E-state index contributed by atoms with van der Waals surface area (Å²) in [7, 11) is 1.63. The van der Waals surface area contributed by atoms with Crippen LogP contribution in [-0.4, -0.2) is 36.1 Å². The summed E-state index contributed by atoms with van der Waals surface area (Å²) >= 11 is 0. The molecule has 3 rings (SSSR count). The standard InChI is InChI=1S/C23H23N3O5/c1-4-19(21(27)24-20-14-15(2)31-25-20)30-23(29)18-13-9-8-12-17(18)22(28)26(3)16-10-6-5-7-11-16/h5-14,19H,4H2,1-3H3,(H,24,25,27)/t19-/m0/s1. The lowest BCUT2D eigenvalue weighted by Gasteiger charge is -2.20.